The number of carboxylic acid groups (broad SMARTS) is 1. The van der Waals surface area contributed by atoms with E-state index in [4.69, 9.17) is 9.84 Å². The molecule has 26 heavy (non-hydrogen) atoms. The third-order valence-electron chi connectivity index (χ3n) is 3.76. The van der Waals surface area contributed by atoms with Gasteiger partial charge in [0.25, 0.3) is 5.91 Å². The summed E-state index contributed by atoms with van der Waals surface area (Å²) in [4.78, 5) is 26.0. The third-order valence-corrected chi connectivity index (χ3v) is 3.76. The Labute approximate surface area is 174 Å². The number of methoxy groups -OCH3 is 1. The zero-order valence-corrected chi connectivity index (χ0v) is 16.6. The monoisotopic (exact) mass is 360 g/mol. The van der Waals surface area contributed by atoms with Crippen molar-refractivity contribution in [2.24, 2.45) is 0 Å². The number of carbonyl (C=O) groups excluding carboxylic acids is 1. The molecule has 0 radical (unpaired) electrons. The van der Waals surface area contributed by atoms with E-state index in [1.54, 1.807) is 31.5 Å². The van der Waals surface area contributed by atoms with Gasteiger partial charge in [-0.1, -0.05) is 17.9 Å². The van der Waals surface area contributed by atoms with Gasteiger partial charge in [0.1, 0.15) is 5.75 Å². The normalized spacial score (nSPS) is 13.3. The predicted octanol–water partition coefficient (Wildman–Crippen LogP) is -0.151. The minimum absolute atomic E-state index is 0. The minimum atomic E-state index is -0.885. The average molecular weight is 360 g/mol. The fourth-order valence-corrected chi connectivity index (χ4v) is 2.62. The van der Waals surface area contributed by atoms with Gasteiger partial charge >= 0.3 is 35.5 Å². The third kappa shape index (κ3) is 4.20. The molecule has 3 N–H and O–H groups in total. The molecule has 0 atom stereocenters. The molecular formula is C19H17N2NaO4. The van der Waals surface area contributed by atoms with Crippen molar-refractivity contribution in [3.05, 3.63) is 47.3 Å². The molecule has 3 rings (SSSR count). The maximum atomic E-state index is 12.4. The molecule has 128 valence electrons. The number of amides is 1. The first-order chi connectivity index (χ1) is 12.1. The van der Waals surface area contributed by atoms with Crippen LogP contribution in [0.15, 0.2) is 30.5 Å². The summed E-state index contributed by atoms with van der Waals surface area (Å²) in [6.45, 7) is 0. The van der Waals surface area contributed by atoms with Gasteiger partial charge in [0, 0.05) is 23.7 Å². The van der Waals surface area contributed by atoms with Crippen LogP contribution in [0.25, 0.3) is 11.6 Å². The Morgan fingerprint density at radius 3 is 2.92 bits per heavy atom. The number of ether oxygens (including phenoxy) is 1. The van der Waals surface area contributed by atoms with Crippen molar-refractivity contribution in [1.29, 1.82) is 0 Å². The van der Waals surface area contributed by atoms with Gasteiger partial charge in [-0.15, -0.1) is 0 Å². The second-order valence-electron chi connectivity index (χ2n) is 5.40. The second kappa shape index (κ2) is 8.77. The second-order valence-corrected chi connectivity index (χ2v) is 5.40. The molecule has 1 amide bonds. The number of hydrogen-bond donors (Lipinski definition) is 3. The first-order valence-corrected chi connectivity index (χ1v) is 7.68. The van der Waals surface area contributed by atoms with Crippen molar-refractivity contribution >= 4 is 29.2 Å². The van der Waals surface area contributed by atoms with E-state index in [1.807, 2.05) is 12.1 Å². The SMILES string of the molecule is COc1cc[nH]c1C=C1C(=O)Nc2cccc(C#CCCC(=O)O)c21.[H-].[Na+]. The smallest absolute Gasteiger partial charge is 1.00 e. The van der Waals surface area contributed by atoms with Crippen molar-refractivity contribution in [3.8, 4) is 17.6 Å². The van der Waals surface area contributed by atoms with E-state index in [0.717, 1.165) is 0 Å². The van der Waals surface area contributed by atoms with Gasteiger partial charge in [-0.2, -0.15) is 0 Å². The summed E-state index contributed by atoms with van der Waals surface area (Å²) in [6, 6.07) is 7.20. The van der Waals surface area contributed by atoms with E-state index >= 15 is 0 Å². The van der Waals surface area contributed by atoms with Crippen LogP contribution >= 0.6 is 0 Å². The van der Waals surface area contributed by atoms with Crippen LogP contribution in [-0.2, 0) is 9.59 Å². The number of carboxylic acids is 1. The van der Waals surface area contributed by atoms with Crippen LogP contribution in [0.1, 0.15) is 31.1 Å². The van der Waals surface area contributed by atoms with E-state index in [-0.39, 0.29) is 49.7 Å². The fourth-order valence-electron chi connectivity index (χ4n) is 2.62. The number of fused-ring (bicyclic) bond motifs is 1. The average Bonchev–Trinajstić information content (AvgIpc) is 3.16. The molecule has 2 aromatic rings. The fraction of sp³-hybridized carbons (Fsp3) is 0.158. The van der Waals surface area contributed by atoms with Crippen molar-refractivity contribution in [1.82, 2.24) is 4.98 Å². The van der Waals surface area contributed by atoms with Crippen LogP contribution in [0.5, 0.6) is 5.75 Å². The largest absolute Gasteiger partial charge is 1.00 e. The number of aromatic amines is 1. The van der Waals surface area contributed by atoms with Gasteiger partial charge in [-0.05, 0) is 24.3 Å². The first-order valence-electron chi connectivity index (χ1n) is 7.68. The zero-order chi connectivity index (χ0) is 17.8. The Bertz CT molecular complexity index is 941. The number of H-pyrrole nitrogens is 1. The predicted molar refractivity (Wildman–Crippen MR) is 95.1 cm³/mol. The van der Waals surface area contributed by atoms with E-state index in [2.05, 4.69) is 22.1 Å². The number of rotatable bonds is 4. The topological polar surface area (TPSA) is 91.4 Å². The Balaban J connectivity index is 0.00000182. The Morgan fingerprint density at radius 1 is 1.38 bits per heavy atom. The first kappa shape index (κ1) is 19.9. The summed E-state index contributed by atoms with van der Waals surface area (Å²) in [5, 5.41) is 11.5. The quantitative estimate of drug-likeness (QED) is 0.402. The van der Waals surface area contributed by atoms with Crippen molar-refractivity contribution < 1.29 is 50.4 Å². The van der Waals surface area contributed by atoms with Crippen LogP contribution in [-0.4, -0.2) is 29.1 Å². The number of aromatic nitrogens is 1. The maximum Gasteiger partial charge on any atom is 1.00 e. The molecule has 0 bridgehead atoms. The molecule has 0 saturated heterocycles. The Morgan fingerprint density at radius 2 is 2.19 bits per heavy atom. The van der Waals surface area contributed by atoms with Crippen LogP contribution in [0.3, 0.4) is 0 Å². The van der Waals surface area contributed by atoms with E-state index in [1.165, 1.54) is 0 Å². The van der Waals surface area contributed by atoms with Crippen LogP contribution < -0.4 is 39.6 Å². The zero-order valence-electron chi connectivity index (χ0n) is 15.6. The van der Waals surface area contributed by atoms with Crippen molar-refractivity contribution in [2.45, 2.75) is 12.8 Å². The molecule has 0 spiro atoms. The van der Waals surface area contributed by atoms with E-state index in [9.17, 15) is 9.59 Å². The molecule has 1 aliphatic rings. The number of nitrogens with one attached hydrogen (secondary N) is 2. The molecule has 1 aromatic heterocycles. The molecule has 0 aliphatic carbocycles. The molecule has 1 aliphatic heterocycles. The number of carbonyl (C=O) groups is 2. The number of benzene rings is 1. The van der Waals surface area contributed by atoms with Gasteiger partial charge in [-0.25, -0.2) is 0 Å². The molecule has 0 saturated carbocycles. The van der Waals surface area contributed by atoms with E-state index in [0.29, 0.717) is 33.8 Å². The van der Waals surface area contributed by atoms with Gasteiger partial charge < -0.3 is 21.6 Å². The molecule has 7 heteroatoms. The number of anilines is 1. The Kier molecular flexibility index (Phi) is 6.70. The summed E-state index contributed by atoms with van der Waals surface area (Å²) in [5.41, 5.74) is 3.25. The summed E-state index contributed by atoms with van der Waals surface area (Å²) in [6.07, 6.45) is 3.70. The molecule has 6 nitrogen and oxygen atoms in total. The minimum Gasteiger partial charge on any atom is -1.00 e. The van der Waals surface area contributed by atoms with Gasteiger partial charge in [0.15, 0.2) is 0 Å². The van der Waals surface area contributed by atoms with Crippen LogP contribution in [0.4, 0.5) is 5.69 Å². The van der Waals surface area contributed by atoms with Crippen LogP contribution in [0.2, 0.25) is 0 Å². The molecule has 1 aromatic carbocycles. The number of hydrogen-bond acceptors (Lipinski definition) is 3. The summed E-state index contributed by atoms with van der Waals surface area (Å²) in [7, 11) is 1.56. The van der Waals surface area contributed by atoms with Crippen LogP contribution in [0, 0.1) is 11.8 Å². The van der Waals surface area contributed by atoms with E-state index < -0.39 is 5.97 Å². The molecule has 0 unspecified atom stereocenters. The van der Waals surface area contributed by atoms with Crippen molar-refractivity contribution in [3.63, 3.8) is 0 Å². The maximum absolute atomic E-state index is 12.4. The standard InChI is InChI=1S/C19H16N2O4.Na.H/c1-25-16-9-10-20-15(16)11-13-18-12(5-2-3-8-17(22)23)6-4-7-14(18)21-19(13)24;;/h4,6-7,9-11,20H,3,8H2,1H3,(H,21,24)(H,22,23);;/q;+1;-1. The summed E-state index contributed by atoms with van der Waals surface area (Å²) < 4.78 is 5.26. The molecule has 0 fully saturated rings. The van der Waals surface area contributed by atoms with Crippen molar-refractivity contribution in [2.75, 3.05) is 12.4 Å². The van der Waals surface area contributed by atoms with Gasteiger partial charge in [-0.3, -0.25) is 9.59 Å². The summed E-state index contributed by atoms with van der Waals surface area (Å²) >= 11 is 0. The van der Waals surface area contributed by atoms with Gasteiger partial charge in [0.2, 0.25) is 0 Å². The summed E-state index contributed by atoms with van der Waals surface area (Å²) in [5.74, 6) is 5.36. The molecule has 2 heterocycles. The molecular weight excluding hydrogens is 343 g/mol. The Hall–Kier alpha value is -2.46. The number of aliphatic carboxylic acids is 1. The van der Waals surface area contributed by atoms with Gasteiger partial charge in [0.05, 0.1) is 30.5 Å².